The van der Waals surface area contributed by atoms with Gasteiger partial charge in [0.05, 0.1) is 22.3 Å². The number of carbonyl (C=O) groups excluding carboxylic acids is 1. The first-order valence-corrected chi connectivity index (χ1v) is 8.96. The molecule has 26 heavy (non-hydrogen) atoms. The minimum Gasteiger partial charge on any atom is -0.338 e. The van der Waals surface area contributed by atoms with E-state index in [0.29, 0.717) is 28.9 Å². The molecule has 1 unspecified atom stereocenters. The Kier molecular flexibility index (Phi) is 6.05. The molecule has 3 rings (SSSR count). The van der Waals surface area contributed by atoms with Crippen LogP contribution in [0.2, 0.25) is 0 Å². The summed E-state index contributed by atoms with van der Waals surface area (Å²) in [6.45, 7) is 8.24. The van der Waals surface area contributed by atoms with Gasteiger partial charge in [0.1, 0.15) is 0 Å². The first-order valence-electron chi connectivity index (χ1n) is 8.15. The Bertz CT molecular complexity index is 950. The van der Waals surface area contributed by atoms with E-state index in [4.69, 9.17) is 10.3 Å². The maximum atomic E-state index is 13.1. The van der Waals surface area contributed by atoms with Crippen LogP contribution < -0.4 is 5.73 Å². The summed E-state index contributed by atoms with van der Waals surface area (Å²) in [7, 11) is 1.76. The van der Waals surface area contributed by atoms with Crippen LogP contribution in [0, 0.1) is 20.8 Å². The average Bonchev–Trinajstić information content (AvgIpc) is 3.14. The van der Waals surface area contributed by atoms with Crippen LogP contribution in [0.3, 0.4) is 0 Å². The molecular formula is C18H23ClN4O2S. The Balaban J connectivity index is 0.00000243. The molecule has 0 aliphatic carbocycles. The molecular weight excluding hydrogens is 372 g/mol. The van der Waals surface area contributed by atoms with Crippen molar-refractivity contribution in [2.45, 2.75) is 33.7 Å². The normalized spacial score (nSPS) is 12.1. The summed E-state index contributed by atoms with van der Waals surface area (Å²) in [5, 5.41) is 4.66. The molecule has 3 heterocycles. The molecule has 0 aliphatic heterocycles. The Hall–Kier alpha value is -1.96. The molecule has 6 nitrogen and oxygen atoms in total. The lowest BCUT2D eigenvalue weighted by atomic mass is 10.0. The van der Waals surface area contributed by atoms with Crippen LogP contribution in [0.4, 0.5) is 0 Å². The molecule has 0 radical (unpaired) electrons. The first kappa shape index (κ1) is 20.4. The topological polar surface area (TPSA) is 85.2 Å². The molecule has 0 saturated heterocycles. The predicted octanol–water partition coefficient (Wildman–Crippen LogP) is 3.72. The van der Waals surface area contributed by atoms with E-state index < -0.39 is 0 Å². The number of amides is 1. The van der Waals surface area contributed by atoms with E-state index in [9.17, 15) is 4.79 Å². The van der Waals surface area contributed by atoms with Gasteiger partial charge >= 0.3 is 0 Å². The van der Waals surface area contributed by atoms with Gasteiger partial charge in [0, 0.05) is 35.0 Å². The largest absolute Gasteiger partial charge is 0.338 e. The number of pyridine rings is 1. The van der Waals surface area contributed by atoms with Gasteiger partial charge in [0.15, 0.2) is 0 Å². The summed E-state index contributed by atoms with van der Waals surface area (Å²) in [5.41, 5.74) is 9.05. The molecule has 0 saturated carbocycles. The van der Waals surface area contributed by atoms with Crippen molar-refractivity contribution in [3.63, 3.8) is 0 Å². The summed E-state index contributed by atoms with van der Waals surface area (Å²) in [6.07, 6.45) is 0. The monoisotopic (exact) mass is 394 g/mol. The molecule has 8 heteroatoms. The molecule has 3 aromatic heterocycles. The summed E-state index contributed by atoms with van der Waals surface area (Å²) in [5.74, 6) is -0.109. The van der Waals surface area contributed by atoms with E-state index in [0.717, 1.165) is 16.1 Å². The fourth-order valence-corrected chi connectivity index (χ4v) is 3.77. The van der Waals surface area contributed by atoms with Crippen molar-refractivity contribution in [3.05, 3.63) is 33.1 Å². The SMILES string of the molecule is Cc1cc(-c2cc(C(=O)N(C)C(C)CN)c3c(C)noc3n2)c(C)s1.Cl. The predicted molar refractivity (Wildman–Crippen MR) is 107 cm³/mol. The highest BCUT2D eigenvalue weighted by Crippen LogP contribution is 2.33. The van der Waals surface area contributed by atoms with Crippen LogP contribution in [-0.4, -0.2) is 40.6 Å². The van der Waals surface area contributed by atoms with Crippen molar-refractivity contribution in [2.75, 3.05) is 13.6 Å². The van der Waals surface area contributed by atoms with Gasteiger partial charge in [-0.25, -0.2) is 4.98 Å². The number of likely N-dealkylation sites (N-methyl/N-ethyl adjacent to an activating group) is 1. The number of nitrogens with zero attached hydrogens (tertiary/aromatic N) is 3. The number of aryl methyl sites for hydroxylation is 3. The van der Waals surface area contributed by atoms with E-state index in [2.05, 4.69) is 30.1 Å². The van der Waals surface area contributed by atoms with Crippen LogP contribution >= 0.6 is 23.7 Å². The molecule has 140 valence electrons. The zero-order valence-corrected chi connectivity index (χ0v) is 17.1. The standard InChI is InChI=1S/C18H22N4O2S.ClH/c1-9(8-19)22(5)18(23)14-7-15(13-6-10(2)25-12(13)4)20-17-16(14)11(3)21-24-17;/h6-7,9H,8,19H2,1-5H3;1H. The van der Waals surface area contributed by atoms with Gasteiger partial charge in [-0.1, -0.05) is 5.16 Å². The number of nitrogens with two attached hydrogens (primary N) is 1. The molecule has 1 atom stereocenters. The Labute approximate surface area is 162 Å². The zero-order chi connectivity index (χ0) is 18.3. The van der Waals surface area contributed by atoms with Crippen LogP contribution in [0.1, 0.15) is 32.7 Å². The number of hydrogen-bond donors (Lipinski definition) is 1. The quantitative estimate of drug-likeness (QED) is 0.728. The second-order valence-corrected chi connectivity index (χ2v) is 7.79. The van der Waals surface area contributed by atoms with Crippen LogP contribution in [0.5, 0.6) is 0 Å². The van der Waals surface area contributed by atoms with Gasteiger partial charge in [0.2, 0.25) is 0 Å². The molecule has 2 N–H and O–H groups in total. The molecule has 3 aromatic rings. The number of thiophene rings is 1. The minimum atomic E-state index is -0.109. The van der Waals surface area contributed by atoms with Gasteiger partial charge < -0.3 is 15.2 Å². The van der Waals surface area contributed by atoms with E-state index >= 15 is 0 Å². The smallest absolute Gasteiger partial charge is 0.259 e. The number of carbonyl (C=O) groups is 1. The maximum absolute atomic E-state index is 13.1. The number of fused-ring (bicyclic) bond motifs is 1. The summed E-state index contributed by atoms with van der Waals surface area (Å²) in [4.78, 5) is 21.7. The van der Waals surface area contributed by atoms with Crippen molar-refractivity contribution >= 4 is 40.8 Å². The number of rotatable bonds is 4. The Morgan fingerprint density at radius 3 is 2.62 bits per heavy atom. The average molecular weight is 395 g/mol. The third kappa shape index (κ3) is 3.47. The lowest BCUT2D eigenvalue weighted by Gasteiger charge is -2.24. The van der Waals surface area contributed by atoms with Crippen LogP contribution in [0.15, 0.2) is 16.7 Å². The van der Waals surface area contributed by atoms with E-state index in [1.165, 1.54) is 4.88 Å². The van der Waals surface area contributed by atoms with E-state index in [-0.39, 0.29) is 24.4 Å². The lowest BCUT2D eigenvalue weighted by Crippen LogP contribution is -2.39. The molecule has 1 amide bonds. The molecule has 0 spiro atoms. The summed E-state index contributed by atoms with van der Waals surface area (Å²) in [6, 6.07) is 3.85. The molecule has 0 aliphatic rings. The van der Waals surface area contributed by atoms with E-state index in [1.807, 2.05) is 19.9 Å². The highest BCUT2D eigenvalue weighted by Gasteiger charge is 2.24. The fraction of sp³-hybridized carbons (Fsp3) is 0.389. The van der Waals surface area contributed by atoms with Crippen molar-refractivity contribution in [1.82, 2.24) is 15.0 Å². The van der Waals surface area contributed by atoms with Crippen molar-refractivity contribution in [2.24, 2.45) is 5.73 Å². The maximum Gasteiger partial charge on any atom is 0.259 e. The van der Waals surface area contributed by atoms with Gasteiger partial charge in [-0.05, 0) is 39.8 Å². The Morgan fingerprint density at radius 1 is 1.35 bits per heavy atom. The summed E-state index contributed by atoms with van der Waals surface area (Å²) < 4.78 is 5.36. The minimum absolute atomic E-state index is 0. The van der Waals surface area contributed by atoms with Gasteiger partial charge in [0.25, 0.3) is 11.6 Å². The van der Waals surface area contributed by atoms with Gasteiger partial charge in [-0.3, -0.25) is 4.79 Å². The second-order valence-electron chi connectivity index (χ2n) is 6.33. The summed E-state index contributed by atoms with van der Waals surface area (Å²) >= 11 is 1.71. The molecule has 0 bridgehead atoms. The molecule has 0 fully saturated rings. The highest BCUT2D eigenvalue weighted by atomic mass is 35.5. The zero-order valence-electron chi connectivity index (χ0n) is 15.5. The number of aromatic nitrogens is 2. The second kappa shape index (κ2) is 7.73. The van der Waals surface area contributed by atoms with Crippen molar-refractivity contribution in [3.8, 4) is 11.3 Å². The first-order chi connectivity index (χ1) is 11.8. The lowest BCUT2D eigenvalue weighted by molar-refractivity contribution is 0.0750. The highest BCUT2D eigenvalue weighted by molar-refractivity contribution is 7.12. The van der Waals surface area contributed by atoms with Crippen LogP contribution in [0.25, 0.3) is 22.4 Å². The van der Waals surface area contributed by atoms with Gasteiger partial charge in [-0.15, -0.1) is 23.7 Å². The van der Waals surface area contributed by atoms with Crippen LogP contribution in [-0.2, 0) is 0 Å². The van der Waals surface area contributed by atoms with Crippen molar-refractivity contribution < 1.29 is 9.32 Å². The van der Waals surface area contributed by atoms with Gasteiger partial charge in [-0.2, -0.15) is 0 Å². The number of hydrogen-bond acceptors (Lipinski definition) is 6. The van der Waals surface area contributed by atoms with Crippen molar-refractivity contribution in [1.29, 1.82) is 0 Å². The Morgan fingerprint density at radius 2 is 2.04 bits per heavy atom. The number of halogens is 1. The third-order valence-electron chi connectivity index (χ3n) is 4.49. The van der Waals surface area contributed by atoms with E-state index in [1.54, 1.807) is 23.3 Å². The third-order valence-corrected chi connectivity index (χ3v) is 5.45. The molecule has 0 aromatic carbocycles. The fourth-order valence-electron chi connectivity index (χ4n) is 2.83.